The number of halogens is 3. The molecule has 0 spiro atoms. The lowest BCUT2D eigenvalue weighted by molar-refractivity contribution is -0.109. The predicted octanol–water partition coefficient (Wildman–Crippen LogP) is 4.66. The van der Waals surface area contributed by atoms with Gasteiger partial charge in [-0.15, -0.1) is 0 Å². The summed E-state index contributed by atoms with van der Waals surface area (Å²) in [4.78, 5) is 19.8. The molecule has 0 radical (unpaired) electrons. The largest absolute Gasteiger partial charge is 0.472 e. The zero-order chi connectivity index (χ0) is 17.7. The van der Waals surface area contributed by atoms with Crippen LogP contribution in [0.2, 0.25) is 15.2 Å². The van der Waals surface area contributed by atoms with Crippen LogP contribution < -0.4 is 4.74 Å². The molecule has 1 amide bonds. The predicted molar refractivity (Wildman–Crippen MR) is 90.6 cm³/mol. The molecule has 1 aromatic carbocycles. The number of ether oxygens (including phenoxy) is 1. The molecule has 1 aromatic heterocycles. The highest BCUT2D eigenvalue weighted by molar-refractivity contribution is 6.42. The molecule has 0 bridgehead atoms. The fraction of sp³-hybridized carbons (Fsp3) is 0.200. The third-order valence-corrected chi connectivity index (χ3v) is 4.03. The van der Waals surface area contributed by atoms with E-state index in [9.17, 15) is 4.79 Å². The Kier molecular flexibility index (Phi) is 6.51. The van der Waals surface area contributed by atoms with Gasteiger partial charge < -0.3 is 9.84 Å². The topological polar surface area (TPSA) is 71.9 Å². The van der Waals surface area contributed by atoms with E-state index in [4.69, 9.17) is 49.5 Å². The molecular weight excluding hydrogens is 379 g/mol. The third kappa shape index (κ3) is 4.64. The minimum absolute atomic E-state index is 0.0495. The van der Waals surface area contributed by atoms with Crippen molar-refractivity contribution in [3.8, 4) is 5.88 Å². The fourth-order valence-electron chi connectivity index (χ4n) is 1.89. The Bertz CT molecular complexity index is 743. The van der Waals surface area contributed by atoms with Gasteiger partial charge in [-0.3, -0.25) is 4.84 Å². The van der Waals surface area contributed by atoms with Crippen molar-refractivity contribution in [2.75, 3.05) is 7.11 Å². The van der Waals surface area contributed by atoms with E-state index in [1.807, 2.05) is 6.07 Å². The molecule has 128 valence electrons. The van der Waals surface area contributed by atoms with Crippen LogP contribution in [0.5, 0.6) is 5.88 Å². The van der Waals surface area contributed by atoms with Gasteiger partial charge in [0, 0.05) is 0 Å². The van der Waals surface area contributed by atoms with E-state index in [0.717, 1.165) is 16.2 Å². The number of aromatic nitrogens is 1. The van der Waals surface area contributed by atoms with Gasteiger partial charge in [0.15, 0.2) is 5.15 Å². The quantitative estimate of drug-likeness (QED) is 0.572. The van der Waals surface area contributed by atoms with E-state index in [0.29, 0.717) is 0 Å². The van der Waals surface area contributed by atoms with E-state index in [-0.39, 0.29) is 34.2 Å². The summed E-state index contributed by atoms with van der Waals surface area (Å²) in [5.41, 5.74) is 1.47. The molecule has 0 aliphatic carbocycles. The lowest BCUT2D eigenvalue weighted by Gasteiger charge is -2.18. The van der Waals surface area contributed by atoms with Crippen LogP contribution in [0.4, 0.5) is 4.79 Å². The van der Waals surface area contributed by atoms with Crippen LogP contribution in [0.15, 0.2) is 30.3 Å². The van der Waals surface area contributed by atoms with Crippen LogP contribution in [0, 0.1) is 0 Å². The number of pyridine rings is 1. The summed E-state index contributed by atoms with van der Waals surface area (Å²) in [6.07, 6.45) is -1.19. The molecule has 2 aromatic rings. The first-order chi connectivity index (χ1) is 11.4. The van der Waals surface area contributed by atoms with Crippen LogP contribution in [-0.2, 0) is 18.0 Å². The number of carbonyl (C=O) groups is 1. The summed E-state index contributed by atoms with van der Waals surface area (Å²) >= 11 is 17.7. The van der Waals surface area contributed by atoms with Crippen molar-refractivity contribution in [2.24, 2.45) is 0 Å². The molecular formula is C15H13Cl3N2O4. The Morgan fingerprint density at radius 1 is 1.21 bits per heavy atom. The third-order valence-electron chi connectivity index (χ3n) is 3.09. The lowest BCUT2D eigenvalue weighted by atomic mass is 10.1. The maximum atomic E-state index is 11.1. The van der Waals surface area contributed by atoms with Crippen LogP contribution in [-0.4, -0.2) is 28.4 Å². The summed E-state index contributed by atoms with van der Waals surface area (Å²) in [6.45, 7) is 0.173. The molecule has 6 nitrogen and oxygen atoms in total. The minimum atomic E-state index is -1.19. The first kappa shape index (κ1) is 18.6. The van der Waals surface area contributed by atoms with Gasteiger partial charge in [0.25, 0.3) is 0 Å². The van der Waals surface area contributed by atoms with Crippen LogP contribution in [0.25, 0.3) is 0 Å². The van der Waals surface area contributed by atoms with Gasteiger partial charge in [0.05, 0.1) is 18.7 Å². The molecule has 9 heteroatoms. The molecule has 0 saturated heterocycles. The smallest absolute Gasteiger partial charge is 0.431 e. The van der Waals surface area contributed by atoms with Crippen molar-refractivity contribution in [1.82, 2.24) is 10.0 Å². The second-order valence-corrected chi connectivity index (χ2v) is 5.78. The number of hydrogen-bond acceptors (Lipinski definition) is 4. The zero-order valence-electron chi connectivity index (χ0n) is 12.5. The number of rotatable bonds is 6. The summed E-state index contributed by atoms with van der Waals surface area (Å²) in [5.74, 6) is 0.141. The van der Waals surface area contributed by atoms with E-state index in [1.54, 1.807) is 18.2 Å². The normalized spacial score (nSPS) is 10.5. The molecule has 2 rings (SSSR count). The Balaban J connectivity index is 2.16. The lowest BCUT2D eigenvalue weighted by Crippen LogP contribution is -2.28. The number of nitrogens with zero attached hydrogens (tertiary/aromatic N) is 2. The van der Waals surface area contributed by atoms with Crippen molar-refractivity contribution in [3.63, 3.8) is 0 Å². The van der Waals surface area contributed by atoms with Crippen molar-refractivity contribution < 1.29 is 19.5 Å². The minimum Gasteiger partial charge on any atom is -0.472 e. The molecule has 1 N–H and O–H groups in total. The Morgan fingerprint density at radius 2 is 1.88 bits per heavy atom. The standard InChI is InChI=1S/C15H13Cl3N2O4/c1-23-20(15(21)22)7-9-4-2-3-5-10(9)8-24-14-12(17)6-11(16)13(18)19-14/h2-6H,7-8H2,1H3,(H,21,22). The zero-order valence-corrected chi connectivity index (χ0v) is 14.8. The first-order valence-corrected chi connectivity index (χ1v) is 7.81. The average molecular weight is 392 g/mol. The van der Waals surface area contributed by atoms with Crippen molar-refractivity contribution in [1.29, 1.82) is 0 Å². The number of amides is 1. The second-order valence-electron chi connectivity index (χ2n) is 4.61. The van der Waals surface area contributed by atoms with Gasteiger partial charge in [0.2, 0.25) is 5.88 Å². The monoisotopic (exact) mass is 390 g/mol. The first-order valence-electron chi connectivity index (χ1n) is 6.68. The summed E-state index contributed by atoms with van der Waals surface area (Å²) in [7, 11) is 1.28. The fourth-order valence-corrected chi connectivity index (χ4v) is 2.44. The van der Waals surface area contributed by atoms with Crippen molar-refractivity contribution >= 4 is 40.9 Å². The molecule has 1 heterocycles. The van der Waals surface area contributed by atoms with Gasteiger partial charge in [-0.25, -0.2) is 4.79 Å². The van der Waals surface area contributed by atoms with Crippen molar-refractivity contribution in [2.45, 2.75) is 13.2 Å². The highest BCUT2D eigenvalue weighted by Crippen LogP contribution is 2.31. The highest BCUT2D eigenvalue weighted by atomic mass is 35.5. The van der Waals surface area contributed by atoms with E-state index in [1.165, 1.54) is 13.2 Å². The van der Waals surface area contributed by atoms with Crippen LogP contribution in [0.3, 0.4) is 0 Å². The molecule has 24 heavy (non-hydrogen) atoms. The summed E-state index contributed by atoms with van der Waals surface area (Å²) in [6, 6.07) is 8.62. The van der Waals surface area contributed by atoms with Gasteiger partial charge >= 0.3 is 6.09 Å². The molecule has 0 unspecified atom stereocenters. The molecule has 0 saturated carbocycles. The Morgan fingerprint density at radius 3 is 2.50 bits per heavy atom. The van der Waals surface area contributed by atoms with E-state index in [2.05, 4.69) is 4.98 Å². The maximum Gasteiger partial charge on any atom is 0.431 e. The number of hydroxylamine groups is 2. The van der Waals surface area contributed by atoms with Crippen LogP contribution >= 0.6 is 34.8 Å². The van der Waals surface area contributed by atoms with Gasteiger partial charge in [0.1, 0.15) is 11.6 Å². The SMILES string of the molecule is CON(Cc1ccccc1COc1nc(Cl)c(Cl)cc1Cl)C(=O)O. The Hall–Kier alpha value is -1.73. The summed E-state index contributed by atoms with van der Waals surface area (Å²) < 4.78 is 5.58. The van der Waals surface area contributed by atoms with Crippen LogP contribution in [0.1, 0.15) is 11.1 Å². The highest BCUT2D eigenvalue weighted by Gasteiger charge is 2.15. The van der Waals surface area contributed by atoms with Crippen molar-refractivity contribution in [3.05, 3.63) is 56.7 Å². The maximum absolute atomic E-state index is 11.1. The molecule has 0 fully saturated rings. The second kappa shape index (κ2) is 8.39. The number of hydrogen-bond donors (Lipinski definition) is 1. The van der Waals surface area contributed by atoms with Gasteiger partial charge in [-0.05, 0) is 17.2 Å². The Labute approximate surface area is 153 Å². The van der Waals surface area contributed by atoms with Gasteiger partial charge in [-0.2, -0.15) is 10.0 Å². The number of carboxylic acid groups (broad SMARTS) is 1. The molecule has 0 aliphatic rings. The van der Waals surface area contributed by atoms with E-state index >= 15 is 0 Å². The molecule has 0 atom stereocenters. The molecule has 0 aliphatic heterocycles. The summed E-state index contributed by atoms with van der Waals surface area (Å²) in [5, 5.41) is 10.4. The van der Waals surface area contributed by atoms with Gasteiger partial charge in [-0.1, -0.05) is 59.1 Å². The number of benzene rings is 1. The van der Waals surface area contributed by atoms with E-state index < -0.39 is 6.09 Å². The average Bonchev–Trinajstić information content (AvgIpc) is 2.55.